The predicted octanol–water partition coefficient (Wildman–Crippen LogP) is 0.144. The van der Waals surface area contributed by atoms with Gasteiger partial charge >= 0.3 is 0 Å². The van der Waals surface area contributed by atoms with Crippen LogP contribution in [0.1, 0.15) is 12.8 Å². The van der Waals surface area contributed by atoms with Crippen molar-refractivity contribution >= 4 is 33.5 Å². The molecular formula is C9H10ClNO5S. The van der Waals surface area contributed by atoms with Gasteiger partial charge < -0.3 is 0 Å². The van der Waals surface area contributed by atoms with Crippen LogP contribution in [0.4, 0.5) is 0 Å². The minimum atomic E-state index is -4.71. The van der Waals surface area contributed by atoms with Gasteiger partial charge in [0.05, 0.1) is 5.92 Å². The molecule has 0 bridgehead atoms. The maximum Gasteiger partial charge on any atom is 0.284 e. The minimum Gasteiger partial charge on any atom is -0.284 e. The van der Waals surface area contributed by atoms with Crippen LogP contribution in [0, 0.1) is 5.92 Å². The predicted molar refractivity (Wildman–Crippen MR) is 58.7 cm³/mol. The zero-order valence-electron chi connectivity index (χ0n) is 8.67. The number of allylic oxidation sites excluding steroid dienone is 1. The summed E-state index contributed by atoms with van der Waals surface area (Å²) in [6, 6.07) is -0.417. The van der Waals surface area contributed by atoms with Gasteiger partial charge in [-0.25, -0.2) is 0 Å². The molecule has 1 aliphatic heterocycles. The monoisotopic (exact) mass is 279 g/mol. The number of hydrogen-bond donors (Lipinski definition) is 1. The molecule has 1 fully saturated rings. The van der Waals surface area contributed by atoms with Gasteiger partial charge in [0.1, 0.15) is 6.00 Å². The lowest BCUT2D eigenvalue weighted by atomic mass is 9.85. The fourth-order valence-corrected chi connectivity index (χ4v) is 3.77. The molecule has 1 N–H and O–H groups in total. The van der Waals surface area contributed by atoms with Gasteiger partial charge in [-0.15, -0.1) is 11.6 Å². The van der Waals surface area contributed by atoms with E-state index in [2.05, 4.69) is 0 Å². The molecular weight excluding hydrogens is 270 g/mol. The van der Waals surface area contributed by atoms with E-state index in [-0.39, 0.29) is 6.42 Å². The van der Waals surface area contributed by atoms with Crippen molar-refractivity contribution in [1.82, 2.24) is 4.90 Å². The molecule has 2 aliphatic rings. The molecule has 8 heteroatoms. The first-order chi connectivity index (χ1) is 7.86. The van der Waals surface area contributed by atoms with Gasteiger partial charge in [-0.3, -0.25) is 19.0 Å². The van der Waals surface area contributed by atoms with Crippen LogP contribution in [0.3, 0.4) is 0 Å². The van der Waals surface area contributed by atoms with Crippen LogP contribution in [-0.2, 0) is 19.7 Å². The first kappa shape index (κ1) is 12.5. The second kappa shape index (κ2) is 3.79. The summed E-state index contributed by atoms with van der Waals surface area (Å²) in [5, 5.41) is 0. The lowest BCUT2D eigenvalue weighted by molar-refractivity contribution is -0.138. The van der Waals surface area contributed by atoms with Crippen molar-refractivity contribution in [2.45, 2.75) is 17.6 Å². The zero-order chi connectivity index (χ0) is 12.8. The number of imide groups is 1. The van der Waals surface area contributed by atoms with Gasteiger partial charge in [0, 0.05) is 0 Å². The molecule has 0 radical (unpaired) electrons. The smallest absolute Gasteiger partial charge is 0.284 e. The third-order valence-electron chi connectivity index (χ3n) is 3.20. The molecule has 2 rings (SSSR count). The zero-order valence-corrected chi connectivity index (χ0v) is 10.2. The summed E-state index contributed by atoms with van der Waals surface area (Å²) in [5.41, 5.74) is 0. The van der Waals surface area contributed by atoms with Crippen LogP contribution in [0.15, 0.2) is 12.2 Å². The number of halogens is 1. The lowest BCUT2D eigenvalue weighted by Gasteiger charge is -2.27. The Morgan fingerprint density at radius 1 is 1.53 bits per heavy atom. The van der Waals surface area contributed by atoms with Gasteiger partial charge in [-0.2, -0.15) is 8.42 Å². The number of amides is 2. The molecule has 1 heterocycles. The van der Waals surface area contributed by atoms with Crippen molar-refractivity contribution in [3.05, 3.63) is 12.2 Å². The SMILES string of the molecule is O=C1C2CCC=CC2(S(=O)(=O)O)C(=O)N1CCl. The third kappa shape index (κ3) is 1.46. The first-order valence-corrected chi connectivity index (χ1v) is 6.90. The fourth-order valence-electron chi connectivity index (χ4n) is 2.37. The second-order valence-corrected chi connectivity index (χ2v) is 5.86. The molecule has 0 aromatic heterocycles. The molecule has 2 unspecified atom stereocenters. The summed E-state index contributed by atoms with van der Waals surface area (Å²) in [6.45, 7) is 0. The molecule has 17 heavy (non-hydrogen) atoms. The van der Waals surface area contributed by atoms with Crippen molar-refractivity contribution in [1.29, 1.82) is 0 Å². The average Bonchev–Trinajstić information content (AvgIpc) is 2.49. The quantitative estimate of drug-likeness (QED) is 0.255. The molecule has 0 saturated carbocycles. The lowest BCUT2D eigenvalue weighted by Crippen LogP contribution is -2.49. The number of carbonyl (C=O) groups excluding carboxylic acids is 2. The number of alkyl halides is 1. The average molecular weight is 280 g/mol. The van der Waals surface area contributed by atoms with E-state index in [1.807, 2.05) is 0 Å². The van der Waals surface area contributed by atoms with Gasteiger partial charge in [-0.05, 0) is 12.8 Å². The summed E-state index contributed by atoms with van der Waals surface area (Å²) < 4.78 is 30.1. The number of likely N-dealkylation sites (tertiary alicyclic amines) is 1. The summed E-state index contributed by atoms with van der Waals surface area (Å²) in [4.78, 5) is 24.5. The van der Waals surface area contributed by atoms with E-state index in [4.69, 9.17) is 11.6 Å². The molecule has 1 aliphatic carbocycles. The summed E-state index contributed by atoms with van der Waals surface area (Å²) in [6.07, 6.45) is 3.27. The van der Waals surface area contributed by atoms with Crippen molar-refractivity contribution in [3.63, 3.8) is 0 Å². The van der Waals surface area contributed by atoms with E-state index in [0.29, 0.717) is 11.3 Å². The highest BCUT2D eigenvalue weighted by molar-refractivity contribution is 7.88. The van der Waals surface area contributed by atoms with Crippen LogP contribution in [0.25, 0.3) is 0 Å². The summed E-state index contributed by atoms with van der Waals surface area (Å²) in [5.74, 6) is -2.69. The molecule has 0 aromatic carbocycles. The Balaban J connectivity index is 2.67. The van der Waals surface area contributed by atoms with Crippen LogP contribution in [-0.4, -0.2) is 40.4 Å². The minimum absolute atomic E-state index is 0.203. The number of hydrogen-bond acceptors (Lipinski definition) is 4. The van der Waals surface area contributed by atoms with Crippen molar-refractivity contribution in [3.8, 4) is 0 Å². The molecule has 0 aromatic rings. The van der Waals surface area contributed by atoms with E-state index in [9.17, 15) is 22.6 Å². The third-order valence-corrected chi connectivity index (χ3v) is 4.88. The summed E-state index contributed by atoms with van der Waals surface area (Å²) >= 11 is 5.46. The van der Waals surface area contributed by atoms with E-state index in [1.54, 1.807) is 0 Å². The maximum atomic E-state index is 12.0. The Bertz CT molecular complexity index is 513. The fraction of sp³-hybridized carbons (Fsp3) is 0.556. The Morgan fingerprint density at radius 3 is 2.65 bits per heavy atom. The maximum absolute atomic E-state index is 12.0. The largest absolute Gasteiger partial charge is 0.284 e. The molecule has 2 atom stereocenters. The van der Waals surface area contributed by atoms with Crippen LogP contribution >= 0.6 is 11.6 Å². The van der Waals surface area contributed by atoms with Crippen molar-refractivity contribution in [2.24, 2.45) is 5.92 Å². The van der Waals surface area contributed by atoms with Crippen LogP contribution in [0.2, 0.25) is 0 Å². The molecule has 1 saturated heterocycles. The standard InChI is InChI=1S/C9H10ClNO5S/c10-5-11-7(12)6-3-1-2-4-9(6,8(11)13)17(14,15)16/h2,4,6H,1,3,5H2,(H,14,15,16). The van der Waals surface area contributed by atoms with Gasteiger partial charge in [-0.1, -0.05) is 12.2 Å². The van der Waals surface area contributed by atoms with E-state index in [0.717, 1.165) is 6.08 Å². The van der Waals surface area contributed by atoms with Gasteiger partial charge in [0.25, 0.3) is 16.0 Å². The van der Waals surface area contributed by atoms with Crippen molar-refractivity contribution in [2.75, 3.05) is 6.00 Å². The number of fused-ring (bicyclic) bond motifs is 1. The number of carbonyl (C=O) groups is 2. The molecule has 6 nitrogen and oxygen atoms in total. The second-order valence-electron chi connectivity index (χ2n) is 3.99. The number of rotatable bonds is 2. The molecule has 94 valence electrons. The highest BCUT2D eigenvalue weighted by atomic mass is 35.5. The Hall–Kier alpha value is -0.920. The van der Waals surface area contributed by atoms with Gasteiger partial charge in [0.15, 0.2) is 0 Å². The highest BCUT2D eigenvalue weighted by Crippen LogP contribution is 2.43. The first-order valence-electron chi connectivity index (χ1n) is 4.92. The highest BCUT2D eigenvalue weighted by Gasteiger charge is 2.65. The number of nitrogens with zero attached hydrogens (tertiary/aromatic N) is 1. The van der Waals surface area contributed by atoms with Crippen LogP contribution in [0.5, 0.6) is 0 Å². The van der Waals surface area contributed by atoms with Gasteiger partial charge in [0.2, 0.25) is 10.7 Å². The molecule has 0 spiro atoms. The van der Waals surface area contributed by atoms with E-state index in [1.165, 1.54) is 6.08 Å². The summed E-state index contributed by atoms with van der Waals surface area (Å²) in [7, 11) is -4.71. The Morgan fingerprint density at radius 2 is 2.18 bits per heavy atom. The van der Waals surface area contributed by atoms with Crippen LogP contribution < -0.4 is 0 Å². The molecule has 2 amide bonds. The van der Waals surface area contributed by atoms with Crippen molar-refractivity contribution < 1.29 is 22.6 Å². The Kier molecular flexibility index (Phi) is 2.80. The van der Waals surface area contributed by atoms with E-state index >= 15 is 0 Å². The Labute approximate surface area is 103 Å². The van der Waals surface area contributed by atoms with E-state index < -0.39 is 38.6 Å². The topological polar surface area (TPSA) is 91.7 Å². The normalized spacial score (nSPS) is 33.1.